The van der Waals surface area contributed by atoms with Crippen molar-refractivity contribution in [2.75, 3.05) is 13.7 Å². The third-order valence-corrected chi connectivity index (χ3v) is 2.53. The maximum atomic E-state index is 5.10. The standard InChI is InChI=1S/C9H16O.Zr/c1-8-5-4-6-9(8,2)7-10-3;/h8H,1-2,4-7H2,3H3;/q-2;+2/t8-,9+;/m1./s1. The predicted molar refractivity (Wildman–Crippen MR) is 42.4 cm³/mol. The first-order valence-corrected chi connectivity index (χ1v) is 3.86. The number of ether oxygens (including phenoxy) is 1. The zero-order chi connectivity index (χ0) is 7.61. The van der Waals surface area contributed by atoms with Gasteiger partial charge in [-0.15, -0.1) is 0 Å². The molecule has 0 aromatic heterocycles. The van der Waals surface area contributed by atoms with Crippen LogP contribution in [0, 0.1) is 25.2 Å². The second-order valence-corrected chi connectivity index (χ2v) is 3.38. The van der Waals surface area contributed by atoms with E-state index in [0.29, 0.717) is 5.92 Å². The van der Waals surface area contributed by atoms with Gasteiger partial charge in [-0.1, -0.05) is 19.3 Å². The van der Waals surface area contributed by atoms with Gasteiger partial charge in [0.2, 0.25) is 0 Å². The summed E-state index contributed by atoms with van der Waals surface area (Å²) in [7, 11) is 1.73. The van der Waals surface area contributed by atoms with Gasteiger partial charge in [-0.3, -0.25) is 0 Å². The second-order valence-electron chi connectivity index (χ2n) is 3.38. The van der Waals surface area contributed by atoms with E-state index in [1.807, 2.05) is 0 Å². The van der Waals surface area contributed by atoms with Crippen molar-refractivity contribution >= 4 is 0 Å². The smallest absolute Gasteiger partial charge is 0.387 e. The van der Waals surface area contributed by atoms with Crippen LogP contribution < -0.4 is 0 Å². The van der Waals surface area contributed by atoms with E-state index in [1.54, 1.807) is 7.11 Å². The van der Waals surface area contributed by atoms with Crippen molar-refractivity contribution < 1.29 is 30.9 Å². The number of hydrogen-bond acceptors (Lipinski definition) is 1. The zero-order valence-electron chi connectivity index (χ0n) is 7.23. The van der Waals surface area contributed by atoms with Crippen LogP contribution in [0.15, 0.2) is 0 Å². The molecule has 0 spiro atoms. The third-order valence-electron chi connectivity index (χ3n) is 2.53. The molecule has 0 aliphatic heterocycles. The quantitative estimate of drug-likeness (QED) is 0.661. The van der Waals surface area contributed by atoms with E-state index in [-0.39, 0.29) is 31.6 Å². The first-order valence-electron chi connectivity index (χ1n) is 3.86. The summed E-state index contributed by atoms with van der Waals surface area (Å²) in [5.41, 5.74) is 0.120. The van der Waals surface area contributed by atoms with Crippen LogP contribution in [0.5, 0.6) is 0 Å². The molecule has 0 amide bonds. The molecule has 2 atom stereocenters. The maximum absolute atomic E-state index is 5.10. The Morgan fingerprint density at radius 3 is 2.64 bits per heavy atom. The van der Waals surface area contributed by atoms with Crippen LogP contribution in [0.2, 0.25) is 0 Å². The molecule has 1 fully saturated rings. The van der Waals surface area contributed by atoms with Crippen LogP contribution in [0.25, 0.3) is 0 Å². The van der Waals surface area contributed by atoms with Crippen molar-refractivity contribution in [3.05, 3.63) is 13.8 Å². The molecular formula is C9H16OZr. The molecule has 0 aromatic carbocycles. The van der Waals surface area contributed by atoms with E-state index in [9.17, 15) is 0 Å². The molecular weight excluding hydrogens is 215 g/mol. The van der Waals surface area contributed by atoms with Crippen molar-refractivity contribution in [2.45, 2.75) is 19.3 Å². The van der Waals surface area contributed by atoms with Gasteiger partial charge in [0.25, 0.3) is 0 Å². The summed E-state index contributed by atoms with van der Waals surface area (Å²) in [6.45, 7) is 8.98. The van der Waals surface area contributed by atoms with E-state index >= 15 is 0 Å². The number of rotatable bonds is 2. The molecule has 0 aromatic rings. The average Bonchev–Trinajstić information content (AvgIpc) is 2.15. The first kappa shape index (κ1) is 11.8. The van der Waals surface area contributed by atoms with E-state index in [4.69, 9.17) is 4.74 Å². The summed E-state index contributed by atoms with van der Waals surface area (Å²) in [5.74, 6) is 0.493. The van der Waals surface area contributed by atoms with Gasteiger partial charge in [0.1, 0.15) is 0 Å². The van der Waals surface area contributed by atoms with Crippen molar-refractivity contribution in [1.29, 1.82) is 0 Å². The van der Waals surface area contributed by atoms with E-state index in [1.165, 1.54) is 19.3 Å². The average molecular weight is 231 g/mol. The largest absolute Gasteiger partial charge is 2.00 e. The van der Waals surface area contributed by atoms with Gasteiger partial charge < -0.3 is 18.6 Å². The summed E-state index contributed by atoms with van der Waals surface area (Å²) < 4.78 is 5.10. The molecule has 1 saturated carbocycles. The van der Waals surface area contributed by atoms with Crippen molar-refractivity contribution in [3.8, 4) is 0 Å². The molecule has 1 aliphatic carbocycles. The van der Waals surface area contributed by atoms with E-state index < -0.39 is 0 Å². The molecule has 0 N–H and O–H groups in total. The van der Waals surface area contributed by atoms with Crippen LogP contribution in [-0.2, 0) is 30.9 Å². The fourth-order valence-electron chi connectivity index (χ4n) is 1.69. The molecule has 62 valence electrons. The van der Waals surface area contributed by atoms with Crippen LogP contribution in [0.1, 0.15) is 19.3 Å². The van der Waals surface area contributed by atoms with Gasteiger partial charge in [0, 0.05) is 13.7 Å². The Morgan fingerprint density at radius 1 is 1.64 bits per heavy atom. The zero-order valence-corrected chi connectivity index (χ0v) is 9.69. The Kier molecular flexibility index (Phi) is 5.13. The summed E-state index contributed by atoms with van der Waals surface area (Å²) >= 11 is 0. The fraction of sp³-hybridized carbons (Fsp3) is 0.778. The summed E-state index contributed by atoms with van der Waals surface area (Å²) in [6, 6.07) is 0. The minimum absolute atomic E-state index is 0. The van der Waals surface area contributed by atoms with Crippen molar-refractivity contribution in [3.63, 3.8) is 0 Å². The Balaban J connectivity index is 0.000001000. The molecule has 0 radical (unpaired) electrons. The third kappa shape index (κ3) is 2.66. The molecule has 0 saturated heterocycles. The molecule has 1 rings (SSSR count). The van der Waals surface area contributed by atoms with Gasteiger partial charge in [-0.2, -0.15) is 11.3 Å². The van der Waals surface area contributed by atoms with Crippen LogP contribution in [0.3, 0.4) is 0 Å². The fourth-order valence-corrected chi connectivity index (χ4v) is 1.69. The topological polar surface area (TPSA) is 9.23 Å². The summed E-state index contributed by atoms with van der Waals surface area (Å²) in [6.07, 6.45) is 3.66. The SMILES string of the molecule is [CH2-][C@@H]1CCC[C@@]1([CH2-])COC.[Zr+2]. The number of hydrogen-bond donors (Lipinski definition) is 0. The Morgan fingerprint density at radius 2 is 2.27 bits per heavy atom. The van der Waals surface area contributed by atoms with Gasteiger partial charge in [-0.25, -0.2) is 0 Å². The Hall–Kier alpha value is 0.843. The van der Waals surface area contributed by atoms with Crippen LogP contribution >= 0.6 is 0 Å². The molecule has 11 heavy (non-hydrogen) atoms. The summed E-state index contributed by atoms with van der Waals surface area (Å²) in [5, 5.41) is 0. The van der Waals surface area contributed by atoms with Gasteiger partial charge in [0.05, 0.1) is 0 Å². The van der Waals surface area contributed by atoms with Crippen LogP contribution in [0.4, 0.5) is 0 Å². The monoisotopic (exact) mass is 230 g/mol. The van der Waals surface area contributed by atoms with Gasteiger partial charge in [0.15, 0.2) is 0 Å². The second kappa shape index (κ2) is 4.77. The van der Waals surface area contributed by atoms with Crippen molar-refractivity contribution in [2.24, 2.45) is 11.3 Å². The molecule has 0 unspecified atom stereocenters. The molecule has 1 aliphatic rings. The van der Waals surface area contributed by atoms with Gasteiger partial charge >= 0.3 is 26.2 Å². The molecule has 0 bridgehead atoms. The minimum Gasteiger partial charge on any atom is -0.387 e. The Bertz CT molecular complexity index is 116. The molecule has 2 heteroatoms. The maximum Gasteiger partial charge on any atom is 2.00 e. The van der Waals surface area contributed by atoms with E-state index in [0.717, 1.165) is 6.61 Å². The van der Waals surface area contributed by atoms with Crippen LogP contribution in [-0.4, -0.2) is 13.7 Å². The van der Waals surface area contributed by atoms with Gasteiger partial charge in [-0.05, 0) is 0 Å². The minimum atomic E-state index is 0. The predicted octanol–water partition coefficient (Wildman–Crippen LogP) is 2.08. The van der Waals surface area contributed by atoms with Crippen molar-refractivity contribution in [1.82, 2.24) is 0 Å². The normalized spacial score (nSPS) is 36.8. The van der Waals surface area contributed by atoms with E-state index in [2.05, 4.69) is 13.8 Å². The Labute approximate surface area is 89.0 Å². The molecule has 0 heterocycles. The number of methoxy groups -OCH3 is 1. The molecule has 1 nitrogen and oxygen atoms in total. The first-order chi connectivity index (χ1) is 4.69. The summed E-state index contributed by atoms with van der Waals surface area (Å²) in [4.78, 5) is 0.